The molecule has 1 amide bonds. The van der Waals surface area contributed by atoms with E-state index in [1.54, 1.807) is 0 Å². The molecule has 0 aliphatic rings. The van der Waals surface area contributed by atoms with Crippen molar-refractivity contribution in [3.05, 3.63) is 41.0 Å². The first-order chi connectivity index (χ1) is 12.2. The predicted molar refractivity (Wildman–Crippen MR) is 93.1 cm³/mol. The summed E-state index contributed by atoms with van der Waals surface area (Å²) in [5, 5.41) is 3.22. The van der Waals surface area contributed by atoms with E-state index in [1.807, 2.05) is 0 Å². The molecule has 2 aromatic rings. The molecule has 0 saturated heterocycles. The lowest BCUT2D eigenvalue weighted by molar-refractivity contribution is -0.137. The average Bonchev–Trinajstić information content (AvgIpc) is 2.60. The van der Waals surface area contributed by atoms with E-state index < -0.39 is 17.6 Å². The molecule has 1 aromatic carbocycles. The highest BCUT2D eigenvalue weighted by Gasteiger charge is 2.30. The summed E-state index contributed by atoms with van der Waals surface area (Å²) in [7, 11) is 2.88. The van der Waals surface area contributed by atoms with E-state index in [0.717, 1.165) is 24.0 Å². The van der Waals surface area contributed by atoms with E-state index in [0.29, 0.717) is 27.2 Å². The molecule has 0 saturated carbocycles. The Kier molecular flexibility index (Phi) is 6.60. The molecule has 0 unspecified atom stereocenters. The molecule has 2 rings (SSSR count). The first-order valence-electron chi connectivity index (χ1n) is 7.12. The second-order valence-corrected chi connectivity index (χ2v) is 6.31. The third-order valence-electron chi connectivity index (χ3n) is 3.16. The summed E-state index contributed by atoms with van der Waals surface area (Å²) in [6.07, 6.45) is -3.72. The Labute approximate surface area is 156 Å². The van der Waals surface area contributed by atoms with Gasteiger partial charge in [-0.25, -0.2) is 4.98 Å². The van der Waals surface area contributed by atoms with Gasteiger partial charge in [-0.1, -0.05) is 23.4 Å². The molecule has 1 heterocycles. The second-order valence-electron chi connectivity index (χ2n) is 4.91. The standard InChI is InChI=1S/C16H14ClF3N2O3S/c1-24-12-6-13(25-2)11(5-10(12)17)22-14(23)8-26-15-4-3-9(7-21-15)16(18,19)20/h3-7H,8H2,1-2H3,(H,22,23). The summed E-state index contributed by atoms with van der Waals surface area (Å²) in [6, 6.07) is 5.14. The number of hydrogen-bond acceptors (Lipinski definition) is 5. The highest BCUT2D eigenvalue weighted by atomic mass is 35.5. The number of amides is 1. The highest BCUT2D eigenvalue weighted by Crippen LogP contribution is 2.36. The number of alkyl halides is 3. The van der Waals surface area contributed by atoms with Gasteiger partial charge in [0.2, 0.25) is 5.91 Å². The van der Waals surface area contributed by atoms with Crippen molar-refractivity contribution < 1.29 is 27.4 Å². The predicted octanol–water partition coefficient (Wildman–Crippen LogP) is 4.50. The van der Waals surface area contributed by atoms with Gasteiger partial charge >= 0.3 is 6.18 Å². The molecule has 140 valence electrons. The molecular weight excluding hydrogens is 393 g/mol. The van der Waals surface area contributed by atoms with Crippen LogP contribution in [0.15, 0.2) is 35.5 Å². The monoisotopic (exact) mass is 406 g/mol. The van der Waals surface area contributed by atoms with Crippen LogP contribution < -0.4 is 14.8 Å². The molecule has 0 radical (unpaired) electrons. The van der Waals surface area contributed by atoms with Gasteiger partial charge in [0, 0.05) is 12.3 Å². The van der Waals surface area contributed by atoms with Crippen LogP contribution in [0.4, 0.5) is 18.9 Å². The van der Waals surface area contributed by atoms with Gasteiger partial charge in [-0.3, -0.25) is 4.79 Å². The molecule has 0 bridgehead atoms. The van der Waals surface area contributed by atoms with Gasteiger partial charge in [0.15, 0.2) is 0 Å². The topological polar surface area (TPSA) is 60.5 Å². The zero-order valence-corrected chi connectivity index (χ0v) is 15.3. The van der Waals surface area contributed by atoms with E-state index >= 15 is 0 Å². The van der Waals surface area contributed by atoms with Crippen molar-refractivity contribution in [3.8, 4) is 11.5 Å². The van der Waals surface area contributed by atoms with Crippen LogP contribution in [0.25, 0.3) is 0 Å². The molecule has 1 N–H and O–H groups in total. The van der Waals surface area contributed by atoms with E-state index in [4.69, 9.17) is 21.1 Å². The fourth-order valence-corrected chi connectivity index (χ4v) is 2.80. The molecule has 5 nitrogen and oxygen atoms in total. The number of pyridine rings is 1. The molecule has 0 fully saturated rings. The summed E-state index contributed by atoms with van der Waals surface area (Å²) >= 11 is 7.03. The first-order valence-corrected chi connectivity index (χ1v) is 8.48. The van der Waals surface area contributed by atoms with Gasteiger partial charge in [0.1, 0.15) is 11.5 Å². The Bertz CT molecular complexity index is 786. The zero-order valence-electron chi connectivity index (χ0n) is 13.7. The van der Waals surface area contributed by atoms with Crippen LogP contribution >= 0.6 is 23.4 Å². The maximum absolute atomic E-state index is 12.5. The maximum Gasteiger partial charge on any atom is 0.417 e. The molecule has 26 heavy (non-hydrogen) atoms. The number of anilines is 1. The fraction of sp³-hybridized carbons (Fsp3) is 0.250. The molecule has 0 aliphatic heterocycles. The van der Waals surface area contributed by atoms with Gasteiger partial charge in [0.25, 0.3) is 0 Å². The summed E-state index contributed by atoms with van der Waals surface area (Å²) < 4.78 is 47.7. The number of methoxy groups -OCH3 is 2. The average molecular weight is 407 g/mol. The first kappa shape index (κ1) is 20.2. The number of carbonyl (C=O) groups excluding carboxylic acids is 1. The largest absolute Gasteiger partial charge is 0.495 e. The fourth-order valence-electron chi connectivity index (χ4n) is 1.92. The lowest BCUT2D eigenvalue weighted by Crippen LogP contribution is -2.15. The van der Waals surface area contributed by atoms with Crippen molar-refractivity contribution in [3.63, 3.8) is 0 Å². The Morgan fingerprint density at radius 3 is 2.46 bits per heavy atom. The zero-order chi connectivity index (χ0) is 19.3. The van der Waals surface area contributed by atoms with Crippen molar-refractivity contribution in [2.45, 2.75) is 11.2 Å². The number of ether oxygens (including phenoxy) is 2. The quantitative estimate of drug-likeness (QED) is 0.715. The van der Waals surface area contributed by atoms with Gasteiger partial charge < -0.3 is 14.8 Å². The number of benzene rings is 1. The number of carbonyl (C=O) groups is 1. The number of rotatable bonds is 6. The third-order valence-corrected chi connectivity index (χ3v) is 4.40. The van der Waals surface area contributed by atoms with Crippen LogP contribution in [-0.4, -0.2) is 30.9 Å². The molecule has 10 heteroatoms. The normalized spacial score (nSPS) is 11.2. The SMILES string of the molecule is COc1cc(OC)c(NC(=O)CSc2ccc(C(F)(F)F)cn2)cc1Cl. The summed E-state index contributed by atoms with van der Waals surface area (Å²) in [6.45, 7) is 0. The van der Waals surface area contributed by atoms with E-state index in [1.165, 1.54) is 32.4 Å². The van der Waals surface area contributed by atoms with Gasteiger partial charge in [-0.05, 0) is 18.2 Å². The smallest absolute Gasteiger partial charge is 0.417 e. The van der Waals surface area contributed by atoms with Gasteiger partial charge in [0.05, 0.1) is 41.3 Å². The number of nitrogens with zero attached hydrogens (tertiary/aromatic N) is 1. The Morgan fingerprint density at radius 2 is 1.92 bits per heavy atom. The minimum atomic E-state index is -4.45. The lowest BCUT2D eigenvalue weighted by atomic mass is 10.2. The Morgan fingerprint density at radius 1 is 1.23 bits per heavy atom. The number of hydrogen-bond donors (Lipinski definition) is 1. The van der Waals surface area contributed by atoms with Crippen LogP contribution in [0, 0.1) is 0 Å². The van der Waals surface area contributed by atoms with E-state index in [2.05, 4.69) is 10.3 Å². The van der Waals surface area contributed by atoms with Crippen LogP contribution in [0.1, 0.15) is 5.56 Å². The summed E-state index contributed by atoms with van der Waals surface area (Å²) in [5.41, 5.74) is -0.492. The van der Waals surface area contributed by atoms with Crippen LogP contribution in [0.3, 0.4) is 0 Å². The highest BCUT2D eigenvalue weighted by molar-refractivity contribution is 7.99. The minimum absolute atomic E-state index is 0.0504. The van der Waals surface area contributed by atoms with Gasteiger partial charge in [-0.15, -0.1) is 0 Å². The second kappa shape index (κ2) is 8.50. The lowest BCUT2D eigenvalue weighted by Gasteiger charge is -2.13. The number of thioether (sulfide) groups is 1. The summed E-state index contributed by atoms with van der Waals surface area (Å²) in [5.74, 6) is 0.309. The molecule has 0 spiro atoms. The van der Waals surface area contributed by atoms with Gasteiger partial charge in [-0.2, -0.15) is 13.2 Å². The molecule has 1 aromatic heterocycles. The van der Waals surface area contributed by atoms with E-state index in [-0.39, 0.29) is 5.75 Å². The van der Waals surface area contributed by atoms with Crippen LogP contribution in [0.2, 0.25) is 5.02 Å². The number of halogens is 4. The van der Waals surface area contributed by atoms with Crippen molar-refractivity contribution in [2.24, 2.45) is 0 Å². The third kappa shape index (κ3) is 5.18. The molecular formula is C16H14ClF3N2O3S. The van der Waals surface area contributed by atoms with Crippen molar-refractivity contribution in [1.82, 2.24) is 4.98 Å². The van der Waals surface area contributed by atoms with Crippen LogP contribution in [-0.2, 0) is 11.0 Å². The number of aromatic nitrogens is 1. The van der Waals surface area contributed by atoms with Crippen molar-refractivity contribution in [1.29, 1.82) is 0 Å². The number of nitrogens with one attached hydrogen (secondary N) is 1. The van der Waals surface area contributed by atoms with E-state index in [9.17, 15) is 18.0 Å². The van der Waals surface area contributed by atoms with Crippen LogP contribution in [0.5, 0.6) is 11.5 Å². The summed E-state index contributed by atoms with van der Waals surface area (Å²) in [4.78, 5) is 15.8. The van der Waals surface area contributed by atoms with Crippen molar-refractivity contribution >= 4 is 35.0 Å². The molecule has 0 atom stereocenters. The maximum atomic E-state index is 12.5. The molecule has 0 aliphatic carbocycles. The Hall–Kier alpha value is -2.13. The Balaban J connectivity index is 2.00. The minimum Gasteiger partial charge on any atom is -0.495 e. The van der Waals surface area contributed by atoms with Crippen molar-refractivity contribution in [2.75, 3.05) is 25.3 Å².